The Kier molecular flexibility index (Phi) is 3.92. The molecular formula is C17H31NO. The van der Waals surface area contributed by atoms with Crippen LogP contribution in [0.2, 0.25) is 0 Å². The summed E-state index contributed by atoms with van der Waals surface area (Å²) in [5, 5.41) is 4.06. The predicted molar refractivity (Wildman–Crippen MR) is 79.2 cm³/mol. The number of nitrogens with one attached hydrogen (secondary N) is 1. The highest BCUT2D eigenvalue weighted by Gasteiger charge is 2.45. The summed E-state index contributed by atoms with van der Waals surface area (Å²) in [7, 11) is 0. The Bertz CT molecular complexity index is 316. The van der Waals surface area contributed by atoms with Crippen molar-refractivity contribution in [1.29, 1.82) is 0 Å². The van der Waals surface area contributed by atoms with Crippen LogP contribution in [-0.4, -0.2) is 24.3 Å². The number of fused-ring (bicyclic) bond motifs is 1. The third kappa shape index (κ3) is 2.85. The summed E-state index contributed by atoms with van der Waals surface area (Å²) >= 11 is 0. The predicted octanol–water partition coefficient (Wildman–Crippen LogP) is 3.75. The smallest absolute Gasteiger partial charge is 0.0729 e. The van der Waals surface area contributed by atoms with Gasteiger partial charge >= 0.3 is 0 Å². The summed E-state index contributed by atoms with van der Waals surface area (Å²) in [6, 6.07) is 0.625. The number of rotatable bonds is 1. The molecule has 2 saturated carbocycles. The van der Waals surface area contributed by atoms with Gasteiger partial charge in [0.2, 0.25) is 0 Å². The molecule has 1 aliphatic heterocycles. The van der Waals surface area contributed by atoms with Gasteiger partial charge in [-0.1, -0.05) is 33.6 Å². The zero-order chi connectivity index (χ0) is 13.5. The first-order chi connectivity index (χ1) is 9.08. The lowest BCUT2D eigenvalue weighted by molar-refractivity contribution is -0.101. The molecule has 5 unspecified atom stereocenters. The first-order valence-corrected chi connectivity index (χ1v) is 8.47. The molecule has 0 aromatic carbocycles. The fraction of sp³-hybridized carbons (Fsp3) is 1.00. The first kappa shape index (κ1) is 13.9. The van der Waals surface area contributed by atoms with Crippen LogP contribution < -0.4 is 5.32 Å². The summed E-state index contributed by atoms with van der Waals surface area (Å²) in [5.74, 6) is 2.59. The molecule has 3 rings (SSSR count). The van der Waals surface area contributed by atoms with Gasteiger partial charge in [0.1, 0.15) is 0 Å². The van der Waals surface area contributed by atoms with Crippen LogP contribution in [0.3, 0.4) is 0 Å². The van der Waals surface area contributed by atoms with Crippen LogP contribution in [0.4, 0.5) is 0 Å². The standard InChI is InChI=1S/C17H31NO/c1-12(2)14-6-7-16-15(9-14)18-17(11-19-16)8-4-5-13(3)10-17/h12-16,18H,4-11H2,1-3H3. The molecule has 1 saturated heterocycles. The van der Waals surface area contributed by atoms with E-state index in [1.54, 1.807) is 0 Å². The molecule has 2 aliphatic carbocycles. The zero-order valence-electron chi connectivity index (χ0n) is 13.0. The highest BCUT2D eigenvalue weighted by atomic mass is 16.5. The molecule has 0 aromatic heterocycles. The molecule has 1 spiro atoms. The molecule has 2 heteroatoms. The van der Waals surface area contributed by atoms with E-state index in [-0.39, 0.29) is 0 Å². The second-order valence-corrected chi connectivity index (χ2v) is 7.90. The normalized spacial score (nSPS) is 47.4. The highest BCUT2D eigenvalue weighted by Crippen LogP contribution is 2.40. The minimum Gasteiger partial charge on any atom is -0.375 e. The summed E-state index contributed by atoms with van der Waals surface area (Å²) in [6.45, 7) is 8.14. The maximum absolute atomic E-state index is 6.29. The molecule has 3 fully saturated rings. The fourth-order valence-electron chi connectivity index (χ4n) is 4.76. The van der Waals surface area contributed by atoms with Gasteiger partial charge in [0.25, 0.3) is 0 Å². The molecule has 0 bridgehead atoms. The Balaban J connectivity index is 1.67. The molecule has 1 heterocycles. The van der Waals surface area contributed by atoms with E-state index in [1.165, 1.54) is 44.9 Å². The van der Waals surface area contributed by atoms with E-state index in [1.807, 2.05) is 0 Å². The molecule has 0 aromatic rings. The van der Waals surface area contributed by atoms with Crippen molar-refractivity contribution >= 4 is 0 Å². The summed E-state index contributed by atoms with van der Waals surface area (Å²) in [4.78, 5) is 0. The van der Waals surface area contributed by atoms with Crippen molar-refractivity contribution in [3.05, 3.63) is 0 Å². The van der Waals surface area contributed by atoms with Crippen LogP contribution in [0.5, 0.6) is 0 Å². The van der Waals surface area contributed by atoms with E-state index in [9.17, 15) is 0 Å². The van der Waals surface area contributed by atoms with Gasteiger partial charge in [-0.2, -0.15) is 0 Å². The van der Waals surface area contributed by atoms with Crippen LogP contribution in [0.25, 0.3) is 0 Å². The van der Waals surface area contributed by atoms with Gasteiger partial charge in [-0.3, -0.25) is 0 Å². The first-order valence-electron chi connectivity index (χ1n) is 8.47. The highest BCUT2D eigenvalue weighted by molar-refractivity contribution is 5.02. The summed E-state index contributed by atoms with van der Waals surface area (Å²) in [5.41, 5.74) is 0.317. The maximum Gasteiger partial charge on any atom is 0.0729 e. The van der Waals surface area contributed by atoms with Crippen molar-refractivity contribution in [3.8, 4) is 0 Å². The van der Waals surface area contributed by atoms with Gasteiger partial charge in [-0.15, -0.1) is 0 Å². The molecule has 3 aliphatic rings. The van der Waals surface area contributed by atoms with Crippen molar-refractivity contribution in [2.24, 2.45) is 17.8 Å². The Morgan fingerprint density at radius 1 is 1.21 bits per heavy atom. The molecular weight excluding hydrogens is 234 g/mol. The van der Waals surface area contributed by atoms with Crippen molar-refractivity contribution in [1.82, 2.24) is 5.32 Å². The third-order valence-electron chi connectivity index (χ3n) is 5.93. The average molecular weight is 265 g/mol. The topological polar surface area (TPSA) is 21.3 Å². The largest absolute Gasteiger partial charge is 0.375 e. The van der Waals surface area contributed by atoms with Crippen molar-refractivity contribution < 1.29 is 4.74 Å². The average Bonchev–Trinajstić information content (AvgIpc) is 2.37. The molecule has 1 N–H and O–H groups in total. The van der Waals surface area contributed by atoms with Crippen LogP contribution in [-0.2, 0) is 4.74 Å². The van der Waals surface area contributed by atoms with Crippen LogP contribution in [0.15, 0.2) is 0 Å². The summed E-state index contributed by atoms with van der Waals surface area (Å²) in [6.07, 6.45) is 9.90. The van der Waals surface area contributed by atoms with Crippen LogP contribution in [0, 0.1) is 17.8 Å². The molecule has 5 atom stereocenters. The minimum absolute atomic E-state index is 0.317. The third-order valence-corrected chi connectivity index (χ3v) is 5.93. The number of morpholine rings is 1. The quantitative estimate of drug-likeness (QED) is 0.779. The SMILES string of the molecule is CC1CCCC2(COC3CCC(C(C)C)CC3N2)C1. The van der Waals surface area contributed by atoms with Gasteiger partial charge in [0.05, 0.1) is 12.7 Å². The second kappa shape index (κ2) is 5.37. The number of hydrogen-bond acceptors (Lipinski definition) is 2. The molecule has 110 valence electrons. The van der Waals surface area contributed by atoms with Gasteiger partial charge in [0.15, 0.2) is 0 Å². The number of ether oxygens (including phenoxy) is 1. The zero-order valence-corrected chi connectivity index (χ0v) is 13.0. The molecule has 0 amide bonds. The van der Waals surface area contributed by atoms with E-state index >= 15 is 0 Å². The van der Waals surface area contributed by atoms with Crippen molar-refractivity contribution in [3.63, 3.8) is 0 Å². The van der Waals surface area contributed by atoms with E-state index in [0.29, 0.717) is 17.7 Å². The molecule has 0 radical (unpaired) electrons. The Morgan fingerprint density at radius 2 is 2.05 bits per heavy atom. The van der Waals surface area contributed by atoms with Crippen LogP contribution >= 0.6 is 0 Å². The van der Waals surface area contributed by atoms with Crippen LogP contribution in [0.1, 0.15) is 65.7 Å². The Labute approximate surface area is 118 Å². The van der Waals surface area contributed by atoms with Gasteiger partial charge in [-0.25, -0.2) is 0 Å². The van der Waals surface area contributed by atoms with Gasteiger partial charge in [-0.05, 0) is 49.9 Å². The Hall–Kier alpha value is -0.0800. The maximum atomic E-state index is 6.29. The lowest BCUT2D eigenvalue weighted by atomic mass is 9.72. The lowest BCUT2D eigenvalue weighted by Gasteiger charge is -2.52. The van der Waals surface area contributed by atoms with E-state index in [4.69, 9.17) is 4.74 Å². The molecule has 2 nitrogen and oxygen atoms in total. The van der Waals surface area contributed by atoms with Gasteiger partial charge < -0.3 is 10.1 Å². The Morgan fingerprint density at radius 3 is 2.79 bits per heavy atom. The van der Waals surface area contributed by atoms with Crippen molar-refractivity contribution in [2.45, 2.75) is 83.4 Å². The van der Waals surface area contributed by atoms with Crippen molar-refractivity contribution in [2.75, 3.05) is 6.61 Å². The van der Waals surface area contributed by atoms with E-state index in [0.717, 1.165) is 24.4 Å². The second-order valence-electron chi connectivity index (χ2n) is 7.90. The van der Waals surface area contributed by atoms with E-state index < -0.39 is 0 Å². The lowest BCUT2D eigenvalue weighted by Crippen LogP contribution is -2.65. The molecule has 19 heavy (non-hydrogen) atoms. The van der Waals surface area contributed by atoms with E-state index in [2.05, 4.69) is 26.1 Å². The monoisotopic (exact) mass is 265 g/mol. The minimum atomic E-state index is 0.317. The van der Waals surface area contributed by atoms with Gasteiger partial charge in [0, 0.05) is 11.6 Å². The fourth-order valence-corrected chi connectivity index (χ4v) is 4.76. The number of hydrogen-bond donors (Lipinski definition) is 1. The summed E-state index contributed by atoms with van der Waals surface area (Å²) < 4.78 is 6.29.